The number of rotatable bonds is 6. The molecule has 0 unspecified atom stereocenters. The van der Waals surface area contributed by atoms with E-state index in [-0.39, 0.29) is 31.1 Å². The summed E-state index contributed by atoms with van der Waals surface area (Å²) in [5.41, 5.74) is -0.832. The molecule has 1 N–H and O–H groups in total. The molecule has 0 spiro atoms. The first-order valence-electron chi connectivity index (χ1n) is 6.55. The molecule has 0 aliphatic carbocycles. The zero-order valence-electron chi connectivity index (χ0n) is 12.6. The third-order valence-corrected chi connectivity index (χ3v) is 2.53. The zero-order valence-corrected chi connectivity index (χ0v) is 12.6. The summed E-state index contributed by atoms with van der Waals surface area (Å²) in [6.45, 7) is 5.16. The Labute approximate surface area is 122 Å². The number of hydrogen-bond acceptors (Lipinski definition) is 7. The van der Waals surface area contributed by atoms with Crippen LogP contribution in [0.5, 0.6) is 0 Å². The molecule has 0 atom stereocenters. The lowest BCUT2D eigenvalue weighted by Crippen LogP contribution is -2.33. The highest BCUT2D eigenvalue weighted by Crippen LogP contribution is 2.14. The van der Waals surface area contributed by atoms with E-state index in [0.717, 1.165) is 0 Å². The second kappa shape index (κ2) is 7.41. The fourth-order valence-electron chi connectivity index (χ4n) is 1.71. The van der Waals surface area contributed by atoms with Crippen LogP contribution >= 0.6 is 0 Å². The van der Waals surface area contributed by atoms with Crippen molar-refractivity contribution < 1.29 is 19.1 Å². The van der Waals surface area contributed by atoms with Crippen LogP contribution in [0.15, 0.2) is 4.79 Å². The summed E-state index contributed by atoms with van der Waals surface area (Å²) >= 11 is 0. The summed E-state index contributed by atoms with van der Waals surface area (Å²) in [6, 6.07) is 0. The highest BCUT2D eigenvalue weighted by atomic mass is 16.5. The van der Waals surface area contributed by atoms with Crippen LogP contribution in [0.1, 0.15) is 30.0 Å². The summed E-state index contributed by atoms with van der Waals surface area (Å²) in [5.74, 6) is -0.840. The molecule has 0 saturated carbocycles. The molecular weight excluding hydrogens is 278 g/mol. The van der Waals surface area contributed by atoms with Gasteiger partial charge >= 0.3 is 11.9 Å². The molecule has 116 valence electrons. The van der Waals surface area contributed by atoms with Gasteiger partial charge in [-0.25, -0.2) is 9.78 Å². The van der Waals surface area contributed by atoms with Crippen LogP contribution in [0, 0.1) is 6.92 Å². The maximum absolute atomic E-state index is 12.0. The van der Waals surface area contributed by atoms with Crippen molar-refractivity contribution in [1.82, 2.24) is 9.97 Å². The minimum Gasteiger partial charge on any atom is -0.465 e. The van der Waals surface area contributed by atoms with Gasteiger partial charge in [0.15, 0.2) is 11.4 Å². The summed E-state index contributed by atoms with van der Waals surface area (Å²) < 4.78 is 9.68. The Hall–Kier alpha value is -2.38. The largest absolute Gasteiger partial charge is 0.465 e. The molecule has 1 aromatic rings. The van der Waals surface area contributed by atoms with Crippen molar-refractivity contribution in [3.8, 4) is 0 Å². The maximum Gasteiger partial charge on any atom is 0.347 e. The van der Waals surface area contributed by atoms with E-state index in [1.165, 1.54) is 4.90 Å². The van der Waals surface area contributed by atoms with E-state index in [1.807, 2.05) is 0 Å². The van der Waals surface area contributed by atoms with Crippen molar-refractivity contribution in [3.05, 3.63) is 21.7 Å². The van der Waals surface area contributed by atoms with Gasteiger partial charge in [-0.15, -0.1) is 0 Å². The number of H-pyrrole nitrogens is 1. The Morgan fingerprint density at radius 3 is 2.43 bits per heavy atom. The molecule has 21 heavy (non-hydrogen) atoms. The molecule has 0 aliphatic heterocycles. The first-order chi connectivity index (χ1) is 9.90. The van der Waals surface area contributed by atoms with Crippen LogP contribution in [0.25, 0.3) is 0 Å². The third kappa shape index (κ3) is 4.30. The highest BCUT2D eigenvalue weighted by molar-refractivity contribution is 5.95. The van der Waals surface area contributed by atoms with Crippen LogP contribution in [0.3, 0.4) is 0 Å². The van der Waals surface area contributed by atoms with Gasteiger partial charge in [-0.3, -0.25) is 9.59 Å². The molecule has 0 amide bonds. The van der Waals surface area contributed by atoms with E-state index in [4.69, 9.17) is 9.47 Å². The van der Waals surface area contributed by atoms with E-state index in [2.05, 4.69) is 9.97 Å². The molecule has 1 heterocycles. The van der Waals surface area contributed by atoms with Gasteiger partial charge in [0.2, 0.25) is 0 Å². The number of likely N-dealkylation sites (N-methyl/N-ethyl adjacent to an activating group) is 1. The molecule has 8 nitrogen and oxygen atoms in total. The number of ether oxygens (including phenoxy) is 2. The molecule has 1 aromatic heterocycles. The molecule has 0 aliphatic rings. The number of nitrogens with zero attached hydrogens (tertiary/aromatic N) is 2. The predicted molar refractivity (Wildman–Crippen MR) is 75.5 cm³/mol. The monoisotopic (exact) mass is 297 g/mol. The minimum atomic E-state index is -0.781. The molecule has 0 radical (unpaired) electrons. The summed E-state index contributed by atoms with van der Waals surface area (Å²) in [4.78, 5) is 43.3. The Kier molecular flexibility index (Phi) is 5.89. The molecule has 8 heteroatoms. The quantitative estimate of drug-likeness (QED) is 0.751. The van der Waals surface area contributed by atoms with Crippen molar-refractivity contribution in [2.75, 3.05) is 31.7 Å². The predicted octanol–water partition coefficient (Wildman–Crippen LogP) is 0.254. The van der Waals surface area contributed by atoms with Gasteiger partial charge in [0.05, 0.1) is 13.2 Å². The lowest BCUT2D eigenvalue weighted by Gasteiger charge is -2.19. The van der Waals surface area contributed by atoms with E-state index >= 15 is 0 Å². The average molecular weight is 297 g/mol. The first-order valence-corrected chi connectivity index (χ1v) is 6.55. The fraction of sp³-hybridized carbons (Fsp3) is 0.538. The number of carbonyl (C=O) groups is 2. The number of aromatic nitrogens is 2. The van der Waals surface area contributed by atoms with Gasteiger partial charge < -0.3 is 19.4 Å². The van der Waals surface area contributed by atoms with Crippen LogP contribution in [-0.4, -0.2) is 48.7 Å². The summed E-state index contributed by atoms with van der Waals surface area (Å²) in [5, 5.41) is 0. The fourth-order valence-corrected chi connectivity index (χ4v) is 1.71. The number of esters is 2. The second-order valence-corrected chi connectivity index (χ2v) is 4.23. The Morgan fingerprint density at radius 2 is 1.86 bits per heavy atom. The molecule has 0 saturated heterocycles. The zero-order chi connectivity index (χ0) is 16.0. The number of anilines is 1. The van der Waals surface area contributed by atoms with Crippen LogP contribution < -0.4 is 10.5 Å². The van der Waals surface area contributed by atoms with E-state index in [0.29, 0.717) is 5.82 Å². The van der Waals surface area contributed by atoms with E-state index in [9.17, 15) is 14.4 Å². The number of nitrogens with one attached hydrogen (secondary N) is 1. The standard InChI is InChI=1S/C13H19N3O5/c1-5-20-9(17)7-16(4)11-10(13(19)21-6-2)12(18)15-8(3)14-11/h5-7H2,1-4H3,(H,14,15,18). The lowest BCUT2D eigenvalue weighted by molar-refractivity contribution is -0.141. The van der Waals surface area contributed by atoms with Crippen molar-refractivity contribution >= 4 is 17.8 Å². The minimum absolute atomic E-state index is 0.0859. The SMILES string of the molecule is CCOC(=O)CN(C)c1nc(C)[nH]c(=O)c1C(=O)OCC. The van der Waals surface area contributed by atoms with Crippen LogP contribution in [0.2, 0.25) is 0 Å². The van der Waals surface area contributed by atoms with Crippen LogP contribution in [0.4, 0.5) is 5.82 Å². The van der Waals surface area contributed by atoms with Crippen LogP contribution in [-0.2, 0) is 14.3 Å². The van der Waals surface area contributed by atoms with Crippen molar-refractivity contribution in [2.45, 2.75) is 20.8 Å². The van der Waals surface area contributed by atoms with Gasteiger partial charge in [-0.2, -0.15) is 0 Å². The molecule has 0 aromatic carbocycles. The Bertz CT molecular complexity index is 582. The third-order valence-electron chi connectivity index (χ3n) is 2.53. The number of aryl methyl sites for hydroxylation is 1. The summed E-state index contributed by atoms with van der Waals surface area (Å²) in [6.07, 6.45) is 0. The first kappa shape index (κ1) is 16.7. The second-order valence-electron chi connectivity index (χ2n) is 4.23. The van der Waals surface area contributed by atoms with E-state index in [1.54, 1.807) is 27.8 Å². The maximum atomic E-state index is 12.0. The Balaban J connectivity index is 3.17. The lowest BCUT2D eigenvalue weighted by atomic mass is 10.2. The molecule has 0 bridgehead atoms. The van der Waals surface area contributed by atoms with Gasteiger partial charge in [-0.1, -0.05) is 0 Å². The van der Waals surface area contributed by atoms with Gasteiger partial charge in [0.1, 0.15) is 12.4 Å². The normalized spacial score (nSPS) is 10.1. The number of carbonyl (C=O) groups excluding carboxylic acids is 2. The highest BCUT2D eigenvalue weighted by Gasteiger charge is 2.23. The van der Waals surface area contributed by atoms with Gasteiger partial charge in [0, 0.05) is 7.05 Å². The van der Waals surface area contributed by atoms with Gasteiger partial charge in [0.25, 0.3) is 5.56 Å². The van der Waals surface area contributed by atoms with E-state index < -0.39 is 17.5 Å². The Morgan fingerprint density at radius 1 is 1.24 bits per heavy atom. The molecule has 0 fully saturated rings. The van der Waals surface area contributed by atoms with Crippen molar-refractivity contribution in [2.24, 2.45) is 0 Å². The number of hydrogen-bond donors (Lipinski definition) is 1. The summed E-state index contributed by atoms with van der Waals surface area (Å²) in [7, 11) is 1.54. The topological polar surface area (TPSA) is 102 Å². The van der Waals surface area contributed by atoms with Gasteiger partial charge in [-0.05, 0) is 20.8 Å². The number of aromatic amines is 1. The molecular formula is C13H19N3O5. The average Bonchev–Trinajstić information content (AvgIpc) is 2.37. The molecule has 1 rings (SSSR count). The smallest absolute Gasteiger partial charge is 0.347 e. The van der Waals surface area contributed by atoms with Crippen molar-refractivity contribution in [1.29, 1.82) is 0 Å². The van der Waals surface area contributed by atoms with Crippen molar-refractivity contribution in [3.63, 3.8) is 0 Å².